The number of para-hydroxylation sites is 4. The third-order valence-corrected chi connectivity index (χ3v) is 17.9. The molecule has 3 heterocycles. The SMILES string of the molecule is [2H]c1c([2H])c2c3c4c(c([2H])c([2H])c([2H])c4n(-c4ccccc4-c4ccccc4-n4c5ccccc5c5ccccc54)c3c1[2H])n2-c1cccc([Si](c2ccccc2)(c2ccccc2)c2ccccc2)c1. The Morgan fingerprint density at radius 3 is 1.17 bits per heavy atom. The standard InChI is InChI=1S/C60H41N3Si/c1-4-22-43(23-5-1)64(44-24-6-2-7-25-44,45-26-8-3-9-27-45)46-28-18-21-42(41-46)61-55-37-19-39-57-59(55)60-56(61)38-20-40-58(60)63(57)54-36-17-13-32-50(54)49-31-12-16-35-53(49)62-51-33-14-10-29-47(51)48-30-11-15-34-52(48)62/h1-41H/i19D,20D,37D,38D,39D,40D. The number of rotatable bonds is 8. The Labute approximate surface area is 380 Å². The molecule has 0 bridgehead atoms. The fourth-order valence-corrected chi connectivity index (χ4v) is 15.3. The van der Waals surface area contributed by atoms with E-state index in [4.69, 9.17) is 0 Å². The molecule has 3 nitrogen and oxygen atoms in total. The minimum Gasteiger partial charge on any atom is -0.309 e. The van der Waals surface area contributed by atoms with E-state index in [1.807, 2.05) is 75.9 Å². The predicted molar refractivity (Wildman–Crippen MR) is 272 cm³/mol. The summed E-state index contributed by atoms with van der Waals surface area (Å²) in [5.41, 5.74) is 7.53. The average Bonchev–Trinajstić information content (AvgIpc) is 4.07. The van der Waals surface area contributed by atoms with Gasteiger partial charge in [-0.2, -0.15) is 0 Å². The molecule has 13 rings (SSSR count). The zero-order valence-corrected chi connectivity index (χ0v) is 35.5. The molecule has 4 heteroatoms. The van der Waals surface area contributed by atoms with Gasteiger partial charge >= 0.3 is 0 Å². The third kappa shape index (κ3) is 5.21. The Morgan fingerprint density at radius 1 is 0.312 bits per heavy atom. The van der Waals surface area contributed by atoms with Gasteiger partial charge in [0.2, 0.25) is 0 Å². The first-order chi connectivity index (χ1) is 34.3. The second kappa shape index (κ2) is 14.5. The van der Waals surface area contributed by atoms with E-state index in [0.29, 0.717) is 44.2 Å². The van der Waals surface area contributed by atoms with Crippen LogP contribution in [0, 0.1) is 0 Å². The first-order valence-corrected chi connectivity index (χ1v) is 23.6. The number of benzene rings is 10. The minimum absolute atomic E-state index is 0.154. The van der Waals surface area contributed by atoms with Crippen LogP contribution in [-0.2, 0) is 0 Å². The zero-order chi connectivity index (χ0) is 47.4. The summed E-state index contributed by atoms with van der Waals surface area (Å²) in [6.45, 7) is 0. The van der Waals surface area contributed by atoms with Crippen molar-refractivity contribution in [1.82, 2.24) is 13.7 Å². The molecule has 0 aliphatic heterocycles. The van der Waals surface area contributed by atoms with E-state index < -0.39 is 8.07 Å². The van der Waals surface area contributed by atoms with Crippen LogP contribution in [0.15, 0.2) is 249 Å². The molecule has 0 atom stereocenters. The maximum atomic E-state index is 9.73. The topological polar surface area (TPSA) is 14.8 Å². The Balaban J connectivity index is 1.11. The minimum atomic E-state index is -3.05. The van der Waals surface area contributed by atoms with Gasteiger partial charge in [0.05, 0.1) is 52.7 Å². The van der Waals surface area contributed by atoms with E-state index in [1.54, 1.807) is 0 Å². The Kier molecular flexibility index (Phi) is 6.95. The van der Waals surface area contributed by atoms with E-state index in [1.165, 1.54) is 15.6 Å². The Bertz CT molecular complexity index is 3970. The first kappa shape index (κ1) is 30.8. The van der Waals surface area contributed by atoms with Crippen molar-refractivity contribution in [3.05, 3.63) is 249 Å². The van der Waals surface area contributed by atoms with Gasteiger partial charge in [0.15, 0.2) is 8.07 Å². The van der Waals surface area contributed by atoms with Crippen LogP contribution in [-0.4, -0.2) is 21.8 Å². The molecule has 0 amide bonds. The van der Waals surface area contributed by atoms with Crippen molar-refractivity contribution in [3.63, 3.8) is 0 Å². The molecule has 0 unspecified atom stereocenters. The van der Waals surface area contributed by atoms with Gasteiger partial charge in [-0.1, -0.05) is 188 Å². The highest BCUT2D eigenvalue weighted by molar-refractivity contribution is 7.19. The van der Waals surface area contributed by atoms with Crippen LogP contribution in [0.1, 0.15) is 8.22 Å². The van der Waals surface area contributed by atoms with Crippen molar-refractivity contribution in [2.75, 3.05) is 0 Å². The lowest BCUT2D eigenvalue weighted by Crippen LogP contribution is -2.74. The van der Waals surface area contributed by atoms with Crippen LogP contribution < -0.4 is 20.7 Å². The van der Waals surface area contributed by atoms with E-state index in [0.717, 1.165) is 43.8 Å². The normalized spacial score (nSPS) is 13.4. The lowest BCUT2D eigenvalue weighted by molar-refractivity contribution is 1.15. The van der Waals surface area contributed by atoms with E-state index in [2.05, 4.69) is 150 Å². The van der Waals surface area contributed by atoms with Crippen LogP contribution in [0.4, 0.5) is 0 Å². The number of hydrogen-bond donors (Lipinski definition) is 0. The second-order valence-corrected chi connectivity index (χ2v) is 20.2. The maximum Gasteiger partial charge on any atom is 0.179 e. The average molecular weight is 838 g/mol. The molecule has 64 heavy (non-hydrogen) atoms. The van der Waals surface area contributed by atoms with Crippen LogP contribution >= 0.6 is 0 Å². The van der Waals surface area contributed by atoms with Gasteiger partial charge < -0.3 is 13.7 Å². The largest absolute Gasteiger partial charge is 0.309 e. The van der Waals surface area contributed by atoms with Crippen LogP contribution in [0.3, 0.4) is 0 Å². The molecule has 0 aliphatic rings. The van der Waals surface area contributed by atoms with Gasteiger partial charge in [0.25, 0.3) is 0 Å². The van der Waals surface area contributed by atoms with E-state index in [-0.39, 0.29) is 36.3 Å². The molecule has 13 aromatic rings. The fraction of sp³-hybridized carbons (Fsp3) is 0. The monoisotopic (exact) mass is 837 g/mol. The molecular weight excluding hydrogens is 791 g/mol. The number of fused-ring (bicyclic) bond motifs is 3. The second-order valence-electron chi connectivity index (χ2n) is 16.4. The molecule has 0 spiro atoms. The highest BCUT2D eigenvalue weighted by atomic mass is 28.3. The molecule has 0 N–H and O–H groups in total. The fourth-order valence-electron chi connectivity index (χ4n) is 10.6. The molecule has 0 saturated carbocycles. The quantitative estimate of drug-likeness (QED) is 0.107. The van der Waals surface area contributed by atoms with Crippen LogP contribution in [0.25, 0.3) is 82.8 Å². The summed E-state index contributed by atoms with van der Waals surface area (Å²) in [6.07, 6.45) is 0. The molecule has 3 aromatic heterocycles. The highest BCUT2D eigenvalue weighted by Crippen LogP contribution is 2.45. The van der Waals surface area contributed by atoms with Gasteiger partial charge in [-0.3, -0.25) is 0 Å². The van der Waals surface area contributed by atoms with E-state index >= 15 is 0 Å². The summed E-state index contributed by atoms with van der Waals surface area (Å²) >= 11 is 0. The van der Waals surface area contributed by atoms with Crippen molar-refractivity contribution in [1.29, 1.82) is 0 Å². The van der Waals surface area contributed by atoms with Crippen molar-refractivity contribution in [2.24, 2.45) is 0 Å². The smallest absolute Gasteiger partial charge is 0.179 e. The van der Waals surface area contributed by atoms with Crippen molar-refractivity contribution < 1.29 is 8.22 Å². The lowest BCUT2D eigenvalue weighted by atomic mass is 10.0. The molecule has 0 aliphatic carbocycles. The van der Waals surface area contributed by atoms with Crippen LogP contribution in [0.5, 0.6) is 0 Å². The van der Waals surface area contributed by atoms with Crippen LogP contribution in [0.2, 0.25) is 0 Å². The highest BCUT2D eigenvalue weighted by Gasteiger charge is 2.41. The Hall–Kier alpha value is -8.18. The van der Waals surface area contributed by atoms with Gasteiger partial charge in [0.1, 0.15) is 0 Å². The van der Waals surface area contributed by atoms with Gasteiger partial charge in [-0.25, -0.2) is 0 Å². The van der Waals surface area contributed by atoms with E-state index in [9.17, 15) is 8.22 Å². The molecule has 10 aromatic carbocycles. The first-order valence-electron chi connectivity index (χ1n) is 24.6. The summed E-state index contributed by atoms with van der Waals surface area (Å²) in [4.78, 5) is 0. The molecule has 0 saturated heterocycles. The summed E-state index contributed by atoms with van der Waals surface area (Å²) in [7, 11) is -3.05. The third-order valence-electron chi connectivity index (χ3n) is 13.1. The molecule has 0 fully saturated rings. The molecule has 0 radical (unpaired) electrons. The summed E-state index contributed by atoms with van der Waals surface area (Å²) < 4.78 is 63.9. The molecular formula is C60H41N3Si. The number of aromatic nitrogens is 3. The number of nitrogens with zero attached hydrogens (tertiary/aromatic N) is 3. The summed E-state index contributed by atoms with van der Waals surface area (Å²) in [5.74, 6) is 0. The Morgan fingerprint density at radius 2 is 0.688 bits per heavy atom. The molecule has 300 valence electrons. The predicted octanol–water partition coefficient (Wildman–Crippen LogP) is 12.3. The van der Waals surface area contributed by atoms with Gasteiger partial charge in [-0.15, -0.1) is 0 Å². The maximum absolute atomic E-state index is 9.73. The van der Waals surface area contributed by atoms with Gasteiger partial charge in [-0.05, 0) is 81.3 Å². The summed E-state index contributed by atoms with van der Waals surface area (Å²) in [5, 5.41) is 7.95. The van der Waals surface area contributed by atoms with Crippen molar-refractivity contribution in [2.45, 2.75) is 0 Å². The number of hydrogen-bond acceptors (Lipinski definition) is 0. The summed E-state index contributed by atoms with van der Waals surface area (Å²) in [6, 6.07) is 72.0. The van der Waals surface area contributed by atoms with Crippen molar-refractivity contribution >= 4 is 83.5 Å². The lowest BCUT2D eigenvalue weighted by Gasteiger charge is -2.34. The zero-order valence-electron chi connectivity index (χ0n) is 40.5. The van der Waals surface area contributed by atoms with Gasteiger partial charge in [0, 0.05) is 38.4 Å². The van der Waals surface area contributed by atoms with Crippen molar-refractivity contribution in [3.8, 4) is 28.2 Å².